The Morgan fingerprint density at radius 2 is 1.65 bits per heavy atom. The molecule has 0 aliphatic heterocycles. The van der Waals surface area contributed by atoms with Crippen LogP contribution in [0.2, 0.25) is 10.0 Å². The van der Waals surface area contributed by atoms with Gasteiger partial charge in [-0.1, -0.05) is 41.4 Å². The van der Waals surface area contributed by atoms with Gasteiger partial charge in [-0.05, 0) is 24.3 Å². The van der Waals surface area contributed by atoms with E-state index < -0.39 is 10.0 Å². The fraction of sp³-hybridized carbons (Fsp3) is 0.0769. The summed E-state index contributed by atoms with van der Waals surface area (Å²) in [5, 5.41) is 9.66. The number of nitrogens with one attached hydrogen (secondary N) is 1. The maximum atomic E-state index is 12.3. The summed E-state index contributed by atoms with van der Waals surface area (Å²) in [5.74, 6) is 0. The molecule has 20 heavy (non-hydrogen) atoms. The van der Waals surface area contributed by atoms with Crippen LogP contribution in [0.25, 0.3) is 0 Å². The van der Waals surface area contributed by atoms with Gasteiger partial charge in [0.05, 0.1) is 17.2 Å². The van der Waals surface area contributed by atoms with Gasteiger partial charge in [0, 0.05) is 15.6 Å². The molecule has 0 spiro atoms. The summed E-state index contributed by atoms with van der Waals surface area (Å²) in [6.45, 7) is -0.269. The largest absolute Gasteiger partial charge is 0.392 e. The van der Waals surface area contributed by atoms with E-state index in [0.29, 0.717) is 11.3 Å². The highest BCUT2D eigenvalue weighted by Gasteiger charge is 2.17. The van der Waals surface area contributed by atoms with Crippen molar-refractivity contribution >= 4 is 38.9 Å². The molecule has 0 aromatic heterocycles. The van der Waals surface area contributed by atoms with E-state index in [2.05, 4.69) is 4.72 Å². The number of aliphatic hydroxyl groups is 1. The van der Waals surface area contributed by atoms with Gasteiger partial charge in [0.2, 0.25) is 0 Å². The number of anilines is 1. The topological polar surface area (TPSA) is 66.4 Å². The number of benzene rings is 2. The van der Waals surface area contributed by atoms with Crippen molar-refractivity contribution in [1.82, 2.24) is 0 Å². The van der Waals surface area contributed by atoms with E-state index in [-0.39, 0.29) is 21.5 Å². The zero-order chi connectivity index (χ0) is 14.8. The Balaban J connectivity index is 2.41. The van der Waals surface area contributed by atoms with E-state index >= 15 is 0 Å². The standard InChI is InChI=1S/C13H11Cl2NO3S/c14-10-5-11(15)7-12(6-10)20(18,19)16-13-4-2-1-3-9(13)8-17/h1-7,16-17H,8H2. The maximum absolute atomic E-state index is 12.3. The van der Waals surface area contributed by atoms with E-state index in [1.807, 2.05) is 0 Å². The summed E-state index contributed by atoms with van der Waals surface area (Å²) < 4.78 is 26.9. The second-order valence-electron chi connectivity index (χ2n) is 4.03. The number of rotatable bonds is 4. The highest BCUT2D eigenvalue weighted by molar-refractivity contribution is 7.92. The van der Waals surface area contributed by atoms with E-state index in [9.17, 15) is 13.5 Å². The number of halogens is 2. The number of para-hydroxylation sites is 1. The van der Waals surface area contributed by atoms with Crippen molar-refractivity contribution in [2.24, 2.45) is 0 Å². The summed E-state index contributed by atoms with van der Waals surface area (Å²) >= 11 is 11.6. The fourth-order valence-electron chi connectivity index (χ4n) is 1.65. The maximum Gasteiger partial charge on any atom is 0.262 e. The normalized spacial score (nSPS) is 11.3. The Morgan fingerprint density at radius 3 is 2.25 bits per heavy atom. The Labute approximate surface area is 127 Å². The molecule has 2 rings (SSSR count). The van der Waals surface area contributed by atoms with Gasteiger partial charge in [0.25, 0.3) is 10.0 Å². The molecule has 0 aliphatic carbocycles. The van der Waals surface area contributed by atoms with Crippen LogP contribution in [0.4, 0.5) is 5.69 Å². The molecule has 2 N–H and O–H groups in total. The lowest BCUT2D eigenvalue weighted by Crippen LogP contribution is -2.14. The average Bonchev–Trinajstić information content (AvgIpc) is 2.38. The molecule has 0 heterocycles. The molecular weight excluding hydrogens is 321 g/mol. The first-order chi connectivity index (χ1) is 9.42. The van der Waals surface area contributed by atoms with Gasteiger partial charge in [-0.25, -0.2) is 8.42 Å². The average molecular weight is 332 g/mol. The molecule has 106 valence electrons. The molecule has 7 heteroatoms. The van der Waals surface area contributed by atoms with Gasteiger partial charge < -0.3 is 5.11 Å². The molecule has 0 saturated carbocycles. The molecule has 0 saturated heterocycles. The van der Waals surface area contributed by atoms with Gasteiger partial charge >= 0.3 is 0 Å². The first-order valence-electron chi connectivity index (χ1n) is 5.60. The molecule has 2 aromatic rings. The van der Waals surface area contributed by atoms with Crippen LogP contribution in [0.5, 0.6) is 0 Å². The second kappa shape index (κ2) is 6.01. The van der Waals surface area contributed by atoms with Crippen LogP contribution in [-0.4, -0.2) is 13.5 Å². The van der Waals surface area contributed by atoms with Crippen molar-refractivity contribution in [3.8, 4) is 0 Å². The van der Waals surface area contributed by atoms with Crippen LogP contribution in [0.1, 0.15) is 5.56 Å². The van der Waals surface area contributed by atoms with Crippen molar-refractivity contribution in [2.75, 3.05) is 4.72 Å². The lowest BCUT2D eigenvalue weighted by atomic mass is 10.2. The molecule has 0 bridgehead atoms. The number of sulfonamides is 1. The highest BCUT2D eigenvalue weighted by atomic mass is 35.5. The molecule has 0 atom stereocenters. The SMILES string of the molecule is O=S(=O)(Nc1ccccc1CO)c1cc(Cl)cc(Cl)c1. The molecule has 0 amide bonds. The van der Waals surface area contributed by atoms with Crippen LogP contribution >= 0.6 is 23.2 Å². The summed E-state index contributed by atoms with van der Waals surface area (Å²) in [7, 11) is -3.82. The van der Waals surface area contributed by atoms with Crippen molar-refractivity contribution in [2.45, 2.75) is 11.5 Å². The monoisotopic (exact) mass is 331 g/mol. The van der Waals surface area contributed by atoms with E-state index in [4.69, 9.17) is 23.2 Å². The zero-order valence-electron chi connectivity index (χ0n) is 10.2. The van der Waals surface area contributed by atoms with Crippen molar-refractivity contribution in [1.29, 1.82) is 0 Å². The first-order valence-corrected chi connectivity index (χ1v) is 7.84. The molecule has 0 radical (unpaired) electrons. The summed E-state index contributed by atoms with van der Waals surface area (Å²) in [4.78, 5) is -0.0391. The van der Waals surface area contributed by atoms with Crippen LogP contribution in [0.3, 0.4) is 0 Å². The predicted molar refractivity (Wildman–Crippen MR) is 79.6 cm³/mol. The van der Waals surface area contributed by atoms with Crippen LogP contribution < -0.4 is 4.72 Å². The number of hydrogen-bond donors (Lipinski definition) is 2. The van der Waals surface area contributed by atoms with Crippen molar-refractivity contribution in [3.63, 3.8) is 0 Å². The molecule has 0 unspecified atom stereocenters. The highest BCUT2D eigenvalue weighted by Crippen LogP contribution is 2.25. The van der Waals surface area contributed by atoms with Gasteiger partial charge in [-0.15, -0.1) is 0 Å². The lowest BCUT2D eigenvalue weighted by molar-refractivity contribution is 0.282. The van der Waals surface area contributed by atoms with Gasteiger partial charge in [-0.3, -0.25) is 4.72 Å². The molecule has 0 fully saturated rings. The summed E-state index contributed by atoms with van der Waals surface area (Å²) in [5.41, 5.74) is 0.787. The van der Waals surface area contributed by atoms with E-state index in [1.165, 1.54) is 18.2 Å². The fourth-order valence-corrected chi connectivity index (χ4v) is 3.47. The zero-order valence-corrected chi connectivity index (χ0v) is 12.5. The Morgan fingerprint density at radius 1 is 1.05 bits per heavy atom. The second-order valence-corrected chi connectivity index (χ2v) is 6.58. The molecule has 2 aromatic carbocycles. The Kier molecular flexibility index (Phi) is 4.55. The summed E-state index contributed by atoms with van der Waals surface area (Å²) in [6, 6.07) is 10.6. The molecular formula is C13H11Cl2NO3S. The smallest absolute Gasteiger partial charge is 0.262 e. The van der Waals surface area contributed by atoms with Gasteiger partial charge in [0.15, 0.2) is 0 Å². The van der Waals surface area contributed by atoms with E-state index in [0.717, 1.165) is 0 Å². The van der Waals surface area contributed by atoms with Crippen molar-refractivity contribution < 1.29 is 13.5 Å². The Hall–Kier alpha value is -1.27. The number of aliphatic hydroxyl groups excluding tert-OH is 1. The quantitative estimate of drug-likeness (QED) is 0.903. The minimum Gasteiger partial charge on any atom is -0.392 e. The predicted octanol–water partition coefficient (Wildman–Crippen LogP) is 3.29. The van der Waals surface area contributed by atoms with E-state index in [1.54, 1.807) is 24.3 Å². The van der Waals surface area contributed by atoms with Gasteiger partial charge in [-0.2, -0.15) is 0 Å². The third-order valence-electron chi connectivity index (χ3n) is 2.58. The minimum absolute atomic E-state index is 0.0391. The van der Waals surface area contributed by atoms with Gasteiger partial charge in [0.1, 0.15) is 0 Å². The molecule has 4 nitrogen and oxygen atoms in total. The summed E-state index contributed by atoms with van der Waals surface area (Å²) in [6.07, 6.45) is 0. The number of hydrogen-bond acceptors (Lipinski definition) is 3. The molecule has 0 aliphatic rings. The third-order valence-corrected chi connectivity index (χ3v) is 4.36. The first kappa shape index (κ1) is 15.1. The Bertz CT molecular complexity index is 712. The lowest BCUT2D eigenvalue weighted by Gasteiger charge is -2.11. The van der Waals surface area contributed by atoms with Crippen molar-refractivity contribution in [3.05, 3.63) is 58.1 Å². The third kappa shape index (κ3) is 3.43. The van der Waals surface area contributed by atoms with Crippen LogP contribution in [-0.2, 0) is 16.6 Å². The van der Waals surface area contributed by atoms with Crippen LogP contribution in [0.15, 0.2) is 47.4 Å². The minimum atomic E-state index is -3.82. The van der Waals surface area contributed by atoms with Crippen LogP contribution in [0, 0.1) is 0 Å².